The molecule has 1 aliphatic rings. The van der Waals surface area contributed by atoms with Crippen molar-refractivity contribution in [2.75, 3.05) is 25.4 Å². The van der Waals surface area contributed by atoms with Gasteiger partial charge in [-0.3, -0.25) is 4.79 Å². The van der Waals surface area contributed by atoms with E-state index in [0.717, 1.165) is 5.75 Å². The van der Waals surface area contributed by atoms with Crippen molar-refractivity contribution in [1.29, 1.82) is 0 Å². The first kappa shape index (κ1) is 14.9. The number of aliphatic hydroxyl groups excluding tert-OH is 1. The first-order chi connectivity index (χ1) is 9.61. The Bertz CT molecular complexity index is 565. The van der Waals surface area contributed by atoms with Crippen LogP contribution in [0.3, 0.4) is 0 Å². The van der Waals surface area contributed by atoms with E-state index in [1.165, 1.54) is 12.1 Å². The average molecular weight is 293 g/mol. The summed E-state index contributed by atoms with van der Waals surface area (Å²) in [6.45, 7) is 3.09. The monoisotopic (exact) mass is 293 g/mol. The van der Waals surface area contributed by atoms with Crippen LogP contribution in [0.25, 0.3) is 0 Å². The molecular weight excluding hydrogens is 277 g/mol. The SMILES string of the molecule is CC1CN(C(=O)c2ccc(C#CCO)cc2F)CCS1. The molecule has 1 aliphatic heterocycles. The Labute approximate surface area is 122 Å². The van der Waals surface area contributed by atoms with E-state index in [2.05, 4.69) is 18.8 Å². The van der Waals surface area contributed by atoms with Crippen LogP contribution in [0.4, 0.5) is 4.39 Å². The van der Waals surface area contributed by atoms with Gasteiger partial charge in [-0.1, -0.05) is 18.8 Å². The predicted molar refractivity (Wildman–Crippen MR) is 78.2 cm³/mol. The van der Waals surface area contributed by atoms with Gasteiger partial charge in [-0.05, 0) is 18.2 Å². The van der Waals surface area contributed by atoms with E-state index in [1.54, 1.807) is 11.0 Å². The third-order valence-corrected chi connectivity index (χ3v) is 4.18. The van der Waals surface area contributed by atoms with Crippen LogP contribution >= 0.6 is 11.8 Å². The molecule has 20 heavy (non-hydrogen) atoms. The Balaban J connectivity index is 2.17. The lowest BCUT2D eigenvalue weighted by Crippen LogP contribution is -2.41. The molecule has 0 radical (unpaired) electrons. The number of hydrogen-bond acceptors (Lipinski definition) is 3. The van der Waals surface area contributed by atoms with Crippen LogP contribution < -0.4 is 0 Å². The van der Waals surface area contributed by atoms with Gasteiger partial charge in [0.25, 0.3) is 5.91 Å². The van der Waals surface area contributed by atoms with Gasteiger partial charge < -0.3 is 10.0 Å². The molecule has 1 unspecified atom stereocenters. The van der Waals surface area contributed by atoms with Gasteiger partial charge in [0.05, 0.1) is 5.56 Å². The van der Waals surface area contributed by atoms with E-state index < -0.39 is 5.82 Å². The molecule has 0 aromatic heterocycles. The van der Waals surface area contributed by atoms with Gasteiger partial charge in [-0.2, -0.15) is 11.8 Å². The summed E-state index contributed by atoms with van der Waals surface area (Å²) in [4.78, 5) is 14.0. The van der Waals surface area contributed by atoms with Crippen LogP contribution in [0.15, 0.2) is 18.2 Å². The van der Waals surface area contributed by atoms with Crippen molar-refractivity contribution >= 4 is 17.7 Å². The largest absolute Gasteiger partial charge is 0.384 e. The summed E-state index contributed by atoms with van der Waals surface area (Å²) >= 11 is 1.82. The van der Waals surface area contributed by atoms with Gasteiger partial charge in [0.1, 0.15) is 12.4 Å². The highest BCUT2D eigenvalue weighted by atomic mass is 32.2. The minimum Gasteiger partial charge on any atom is -0.384 e. The molecule has 1 fully saturated rings. The molecule has 0 spiro atoms. The summed E-state index contributed by atoms with van der Waals surface area (Å²) in [7, 11) is 0. The smallest absolute Gasteiger partial charge is 0.256 e. The van der Waals surface area contributed by atoms with Gasteiger partial charge >= 0.3 is 0 Å². The second kappa shape index (κ2) is 6.78. The molecule has 3 nitrogen and oxygen atoms in total. The zero-order valence-corrected chi connectivity index (χ0v) is 12.0. The molecule has 0 bridgehead atoms. The van der Waals surface area contributed by atoms with Gasteiger partial charge in [0.15, 0.2) is 0 Å². The average Bonchev–Trinajstić information content (AvgIpc) is 2.44. The van der Waals surface area contributed by atoms with Gasteiger partial charge in [0, 0.05) is 29.7 Å². The van der Waals surface area contributed by atoms with Crippen molar-refractivity contribution in [2.24, 2.45) is 0 Å². The van der Waals surface area contributed by atoms with E-state index in [1.807, 2.05) is 11.8 Å². The molecule has 0 aliphatic carbocycles. The van der Waals surface area contributed by atoms with E-state index >= 15 is 0 Å². The highest BCUT2D eigenvalue weighted by molar-refractivity contribution is 7.99. The zero-order valence-electron chi connectivity index (χ0n) is 11.2. The lowest BCUT2D eigenvalue weighted by molar-refractivity contribution is 0.0758. The van der Waals surface area contributed by atoms with Crippen molar-refractivity contribution < 1.29 is 14.3 Å². The maximum Gasteiger partial charge on any atom is 0.256 e. The Morgan fingerprint density at radius 2 is 2.40 bits per heavy atom. The fourth-order valence-electron chi connectivity index (χ4n) is 2.08. The number of benzene rings is 1. The quantitative estimate of drug-likeness (QED) is 0.802. The Morgan fingerprint density at radius 1 is 1.60 bits per heavy atom. The van der Waals surface area contributed by atoms with E-state index in [4.69, 9.17) is 5.11 Å². The molecule has 1 N–H and O–H groups in total. The number of halogens is 1. The normalized spacial score (nSPS) is 18.4. The van der Waals surface area contributed by atoms with Gasteiger partial charge in [-0.15, -0.1) is 0 Å². The number of hydrogen-bond donors (Lipinski definition) is 1. The third-order valence-electron chi connectivity index (χ3n) is 3.04. The highest BCUT2D eigenvalue weighted by Gasteiger charge is 2.24. The molecule has 2 rings (SSSR count). The molecule has 106 valence electrons. The van der Waals surface area contributed by atoms with Gasteiger partial charge in [-0.25, -0.2) is 4.39 Å². The van der Waals surface area contributed by atoms with Crippen LogP contribution in [0.2, 0.25) is 0 Å². The van der Waals surface area contributed by atoms with Crippen LogP contribution in [0.5, 0.6) is 0 Å². The van der Waals surface area contributed by atoms with E-state index in [0.29, 0.717) is 23.9 Å². The molecule has 1 aromatic carbocycles. The second-order valence-corrected chi connectivity index (χ2v) is 6.13. The maximum absolute atomic E-state index is 14.0. The molecule has 1 saturated heterocycles. The fraction of sp³-hybridized carbons (Fsp3) is 0.400. The molecule has 1 atom stereocenters. The molecule has 0 saturated carbocycles. The van der Waals surface area contributed by atoms with Crippen LogP contribution in [-0.2, 0) is 0 Å². The number of thioether (sulfide) groups is 1. The summed E-state index contributed by atoms with van der Waals surface area (Å²) in [6, 6.07) is 4.30. The Hall–Kier alpha value is -1.51. The van der Waals surface area contributed by atoms with Crippen molar-refractivity contribution in [1.82, 2.24) is 4.90 Å². The lowest BCUT2D eigenvalue weighted by atomic mass is 10.1. The summed E-state index contributed by atoms with van der Waals surface area (Å²) in [5.41, 5.74) is 0.536. The number of rotatable bonds is 1. The number of amides is 1. The van der Waals surface area contributed by atoms with Crippen molar-refractivity contribution in [2.45, 2.75) is 12.2 Å². The lowest BCUT2D eigenvalue weighted by Gasteiger charge is -2.30. The minimum absolute atomic E-state index is 0.0821. The minimum atomic E-state index is -0.564. The molecular formula is C15H16FNO2S. The van der Waals surface area contributed by atoms with Crippen LogP contribution in [0.1, 0.15) is 22.8 Å². The first-order valence-electron chi connectivity index (χ1n) is 6.42. The summed E-state index contributed by atoms with van der Waals surface area (Å²) in [5.74, 6) is 5.12. The highest BCUT2D eigenvalue weighted by Crippen LogP contribution is 2.20. The Morgan fingerprint density at radius 3 is 3.05 bits per heavy atom. The maximum atomic E-state index is 14.0. The molecule has 1 amide bonds. The van der Waals surface area contributed by atoms with Crippen molar-refractivity contribution in [3.8, 4) is 11.8 Å². The topological polar surface area (TPSA) is 40.5 Å². The van der Waals surface area contributed by atoms with Crippen molar-refractivity contribution in [3.05, 3.63) is 35.1 Å². The predicted octanol–water partition coefficient (Wildman–Crippen LogP) is 1.75. The van der Waals surface area contributed by atoms with Gasteiger partial charge in [0.2, 0.25) is 0 Å². The van der Waals surface area contributed by atoms with E-state index in [9.17, 15) is 9.18 Å². The number of nitrogens with zero attached hydrogens (tertiary/aromatic N) is 1. The molecule has 5 heteroatoms. The number of carbonyl (C=O) groups is 1. The summed E-state index contributed by atoms with van der Waals surface area (Å²) in [5, 5.41) is 8.98. The first-order valence-corrected chi connectivity index (χ1v) is 7.47. The fourth-order valence-corrected chi connectivity index (χ4v) is 3.09. The molecule has 1 aromatic rings. The van der Waals surface area contributed by atoms with E-state index in [-0.39, 0.29) is 18.1 Å². The van der Waals surface area contributed by atoms with Crippen molar-refractivity contribution in [3.63, 3.8) is 0 Å². The standard InChI is InChI=1S/C15H16FNO2S/c1-11-10-17(6-8-20-11)15(19)13-5-4-12(3-2-7-18)9-14(13)16/h4-5,9,11,18H,6-8,10H2,1H3. The molecule has 1 heterocycles. The zero-order chi connectivity index (χ0) is 14.5. The Kier molecular flexibility index (Phi) is 5.05. The second-order valence-electron chi connectivity index (χ2n) is 4.59. The number of aliphatic hydroxyl groups is 1. The summed E-state index contributed by atoms with van der Waals surface area (Å²) in [6.07, 6.45) is 0. The van der Waals surface area contributed by atoms with Crippen LogP contribution in [0, 0.1) is 17.7 Å². The number of carbonyl (C=O) groups excluding carboxylic acids is 1. The van der Waals surface area contributed by atoms with Crippen LogP contribution in [-0.4, -0.2) is 46.6 Å². The third kappa shape index (κ3) is 3.53. The summed E-state index contributed by atoms with van der Waals surface area (Å²) < 4.78 is 14.0.